The number of carbonyl (C=O) groups is 3. The van der Waals surface area contributed by atoms with Gasteiger partial charge < -0.3 is 50.9 Å². The van der Waals surface area contributed by atoms with Gasteiger partial charge in [0.15, 0.2) is 17.7 Å². The van der Waals surface area contributed by atoms with Crippen molar-refractivity contribution in [2.45, 2.75) is 135 Å². The number of anilines is 1. The van der Waals surface area contributed by atoms with Crippen molar-refractivity contribution in [2.75, 3.05) is 43.5 Å². The minimum Gasteiger partial charge on any atom is -0.386 e. The molecule has 0 aromatic carbocycles. The third-order valence-corrected chi connectivity index (χ3v) is 14.1. The number of aliphatic hydroxyl groups is 2. The fourth-order valence-corrected chi connectivity index (χ4v) is 10.0. The molecule has 0 aliphatic carbocycles. The Labute approximate surface area is 404 Å². The maximum absolute atomic E-state index is 12.7. The van der Waals surface area contributed by atoms with Crippen LogP contribution in [-0.4, -0.2) is 129 Å². The van der Waals surface area contributed by atoms with Crippen molar-refractivity contribution in [1.82, 2.24) is 30.2 Å². The van der Waals surface area contributed by atoms with Gasteiger partial charge in [-0.15, -0.1) is 0 Å². The van der Waals surface area contributed by atoms with Gasteiger partial charge in [0.2, 0.25) is 11.8 Å². The Morgan fingerprint density at radius 1 is 0.908 bits per heavy atom. The zero-order chi connectivity index (χ0) is 47.6. The Hall–Kier alpha value is -1.44. The number of hydrogen-bond acceptors (Lipinski definition) is 18. The number of amides is 2. The standard InChI is InChI=1S/C36H64N7O17P3S.Na/c1-4-5-6-7-8-9-10-11-12-13-14-15-25(44)21-64-19-18-38-27(45)16-17-39-34(48)31(47)36(2,3)22-57-63(54,55)60-62(52,53)56-20-26-30(59-61(49,50)51)29(46)35(58-26)43-24-42-28-32(37)40-23-41-33(28)43;/h23-24,26,29-31,35,46-47H,4-22H2,1-3H3,(H,38,45)(H,39,48)(H,52,53)(H,54,55)(H2,37,40,41)(H2,49,50,51);/q;+1/t26?,29?,30?,31-,35?;/m1./s1. The molecule has 2 aromatic rings. The largest absolute Gasteiger partial charge is 1.00 e. The molecule has 6 unspecified atom stereocenters. The topological polar surface area (TPSA) is 364 Å². The summed E-state index contributed by atoms with van der Waals surface area (Å²) in [6.45, 7) is 2.89. The van der Waals surface area contributed by atoms with Crippen molar-refractivity contribution >= 4 is 69.8 Å². The molecule has 1 aliphatic rings. The van der Waals surface area contributed by atoms with Crippen LogP contribution in [-0.2, 0) is 50.7 Å². The number of ketones is 1. The summed E-state index contributed by atoms with van der Waals surface area (Å²) >= 11 is 1.43. The second-order valence-corrected chi connectivity index (χ2v) is 21.3. The fraction of sp³-hybridized carbons (Fsp3) is 0.778. The van der Waals surface area contributed by atoms with Crippen LogP contribution in [0.15, 0.2) is 12.7 Å². The minimum absolute atomic E-state index is 0. The van der Waals surface area contributed by atoms with Crippen LogP contribution < -0.4 is 45.9 Å². The maximum atomic E-state index is 12.7. The van der Waals surface area contributed by atoms with Gasteiger partial charge in [-0.2, -0.15) is 16.1 Å². The Kier molecular flexibility index (Phi) is 26.5. The number of phosphoric acid groups is 3. The molecular formula is C36H64N7NaO17P3S+. The number of nitrogens with one attached hydrogen (secondary N) is 2. The van der Waals surface area contributed by atoms with E-state index in [-0.39, 0.29) is 71.2 Å². The van der Waals surface area contributed by atoms with Crippen LogP contribution in [0.1, 0.15) is 110 Å². The van der Waals surface area contributed by atoms with E-state index in [4.69, 9.17) is 19.5 Å². The number of Topliss-reactive ketones (excluding diaryl/α,β-unsaturated/α-hetero) is 1. The first-order valence-corrected chi connectivity index (χ1v) is 26.7. The van der Waals surface area contributed by atoms with E-state index in [1.807, 2.05) is 0 Å². The summed E-state index contributed by atoms with van der Waals surface area (Å²) in [7, 11) is -16.4. The van der Waals surface area contributed by atoms with Crippen molar-refractivity contribution in [3.8, 4) is 0 Å². The smallest absolute Gasteiger partial charge is 0.386 e. The Morgan fingerprint density at radius 3 is 2.15 bits per heavy atom. The molecule has 24 nitrogen and oxygen atoms in total. The summed E-state index contributed by atoms with van der Waals surface area (Å²) in [6, 6.07) is 0. The van der Waals surface area contributed by atoms with Crippen LogP contribution in [0, 0.1) is 5.41 Å². The Morgan fingerprint density at radius 2 is 1.52 bits per heavy atom. The van der Waals surface area contributed by atoms with Gasteiger partial charge >= 0.3 is 53.0 Å². The van der Waals surface area contributed by atoms with E-state index in [0.29, 0.717) is 24.5 Å². The average molecular weight is 1010 g/mol. The van der Waals surface area contributed by atoms with Crippen LogP contribution in [0.25, 0.3) is 11.2 Å². The SMILES string of the molecule is CCCCCCCCCCCCCC(=O)CSCCNC(=O)CCNC(=O)[C@@H](O)C(C)(C)COP(=O)(O)OP(=O)(O)OCC1OC(n2cnc3c(N)ncnc32)C(O)C1OP(=O)(O)O.[Na+]. The van der Waals surface area contributed by atoms with Gasteiger partial charge in [-0.1, -0.05) is 85.0 Å². The number of fused-ring (bicyclic) bond motifs is 1. The molecule has 0 saturated carbocycles. The van der Waals surface area contributed by atoms with Gasteiger partial charge in [-0.05, 0) is 6.42 Å². The molecule has 366 valence electrons. The van der Waals surface area contributed by atoms with E-state index in [1.165, 1.54) is 77.0 Å². The number of aliphatic hydroxyl groups excluding tert-OH is 2. The zero-order valence-corrected chi connectivity index (χ0v) is 42.8. The van der Waals surface area contributed by atoms with Gasteiger partial charge in [0, 0.05) is 37.1 Å². The van der Waals surface area contributed by atoms with Crippen LogP contribution in [0.5, 0.6) is 0 Å². The van der Waals surface area contributed by atoms with Crippen LogP contribution in [0.2, 0.25) is 0 Å². The molecule has 2 aromatic heterocycles. The number of nitrogens with zero attached hydrogens (tertiary/aromatic N) is 4. The van der Waals surface area contributed by atoms with Gasteiger partial charge in [0.1, 0.15) is 42.0 Å². The van der Waals surface area contributed by atoms with Crippen molar-refractivity contribution < 1.29 is 110 Å². The van der Waals surface area contributed by atoms with Crippen LogP contribution in [0.3, 0.4) is 0 Å². The molecular weight excluding hydrogens is 950 g/mol. The number of thioether (sulfide) groups is 1. The summed E-state index contributed by atoms with van der Waals surface area (Å²) < 4.78 is 62.4. The molecule has 1 aliphatic heterocycles. The van der Waals surface area contributed by atoms with Crippen LogP contribution >= 0.6 is 35.2 Å². The van der Waals surface area contributed by atoms with E-state index in [2.05, 4.69) is 41.3 Å². The predicted octanol–water partition coefficient (Wildman–Crippen LogP) is 0.412. The number of rotatable bonds is 33. The third kappa shape index (κ3) is 21.8. The second-order valence-electron chi connectivity index (χ2n) is 15.9. The number of carbonyl (C=O) groups excluding carboxylic acids is 3. The number of nitrogens with two attached hydrogens (primary N) is 1. The summed E-state index contributed by atoms with van der Waals surface area (Å²) in [5, 5.41) is 26.6. The quantitative estimate of drug-likeness (QED) is 0.0266. The molecule has 0 spiro atoms. The molecule has 2 amide bonds. The molecule has 10 N–H and O–H groups in total. The summed E-state index contributed by atoms with van der Waals surface area (Å²) in [6.07, 6.45) is 7.05. The van der Waals surface area contributed by atoms with Crippen molar-refractivity contribution in [1.29, 1.82) is 0 Å². The molecule has 0 bridgehead atoms. The van der Waals surface area contributed by atoms with Gasteiger partial charge in [-0.25, -0.2) is 28.6 Å². The van der Waals surface area contributed by atoms with E-state index in [0.717, 1.165) is 36.5 Å². The average Bonchev–Trinajstić information content (AvgIpc) is 3.77. The second kappa shape index (κ2) is 28.9. The Balaban J connectivity index is 0.0000145. The number of ether oxygens (including phenoxy) is 1. The van der Waals surface area contributed by atoms with Gasteiger partial charge in [-0.3, -0.25) is 32.5 Å². The maximum Gasteiger partial charge on any atom is 1.00 e. The number of aromatic nitrogens is 4. The molecule has 3 heterocycles. The van der Waals surface area contributed by atoms with E-state index < -0.39 is 78.6 Å². The molecule has 29 heteroatoms. The number of unbranched alkanes of at least 4 members (excludes halogenated alkanes) is 10. The minimum atomic E-state index is -5.57. The number of phosphoric ester groups is 3. The molecule has 1 fully saturated rings. The molecule has 0 radical (unpaired) electrons. The van der Waals surface area contributed by atoms with Gasteiger partial charge in [0.05, 0.1) is 25.3 Å². The van der Waals surface area contributed by atoms with E-state index in [1.54, 1.807) is 0 Å². The van der Waals surface area contributed by atoms with Crippen molar-refractivity contribution in [3.63, 3.8) is 0 Å². The third-order valence-electron chi connectivity index (χ3n) is 9.97. The first-order valence-electron chi connectivity index (χ1n) is 21.0. The fourth-order valence-electron chi connectivity index (χ4n) is 6.45. The molecule has 65 heavy (non-hydrogen) atoms. The molecule has 7 atom stereocenters. The first kappa shape index (κ1) is 59.7. The normalized spacial score (nSPS) is 20.1. The summed E-state index contributed by atoms with van der Waals surface area (Å²) in [5.41, 5.74) is 4.29. The first-order chi connectivity index (χ1) is 30.1. The van der Waals surface area contributed by atoms with Gasteiger partial charge in [0.25, 0.3) is 0 Å². The number of imidazole rings is 1. The summed E-state index contributed by atoms with van der Waals surface area (Å²) in [5.74, 6) is -0.303. The van der Waals surface area contributed by atoms with Crippen molar-refractivity contribution in [3.05, 3.63) is 12.7 Å². The monoisotopic (exact) mass is 1010 g/mol. The zero-order valence-electron chi connectivity index (χ0n) is 37.3. The molecule has 1 saturated heterocycles. The molecule has 3 rings (SSSR count). The predicted molar refractivity (Wildman–Crippen MR) is 233 cm³/mol. The number of hydrogen-bond donors (Lipinski definition) is 9. The number of nitrogen functional groups attached to an aromatic ring is 1. The Bertz CT molecular complexity index is 1950. The van der Waals surface area contributed by atoms with E-state index >= 15 is 0 Å². The van der Waals surface area contributed by atoms with Crippen LogP contribution in [0.4, 0.5) is 5.82 Å². The van der Waals surface area contributed by atoms with Crippen molar-refractivity contribution in [2.24, 2.45) is 5.41 Å². The summed E-state index contributed by atoms with van der Waals surface area (Å²) in [4.78, 5) is 88.2. The van der Waals surface area contributed by atoms with E-state index in [9.17, 15) is 57.9 Å².